The number of hydrogen-bond donors (Lipinski definition) is 1. The summed E-state index contributed by atoms with van der Waals surface area (Å²) in [4.78, 5) is 4.15. The molecule has 0 aliphatic heterocycles. The second-order valence-corrected chi connectivity index (χ2v) is 5.19. The second kappa shape index (κ2) is 5.62. The minimum absolute atomic E-state index is 0.180. The van der Waals surface area contributed by atoms with Crippen LogP contribution in [-0.2, 0) is 0 Å². The molecule has 0 aliphatic rings. The molecule has 3 rings (SSSR count). The standard InChI is InChI=1S/C18H17FN2/c1-12-6-7-16(17(19)10-12)18(20-2)15-5-3-4-13-11-21-9-8-14(13)15/h3-11,18,20H,1-2H3. The van der Waals surface area contributed by atoms with Crippen molar-refractivity contribution < 1.29 is 4.39 Å². The molecule has 3 aromatic rings. The Morgan fingerprint density at radius 2 is 1.95 bits per heavy atom. The highest BCUT2D eigenvalue weighted by atomic mass is 19.1. The summed E-state index contributed by atoms with van der Waals surface area (Å²) in [7, 11) is 1.85. The van der Waals surface area contributed by atoms with E-state index in [1.54, 1.807) is 12.3 Å². The number of nitrogens with one attached hydrogen (secondary N) is 1. The average molecular weight is 280 g/mol. The highest BCUT2D eigenvalue weighted by molar-refractivity contribution is 5.85. The van der Waals surface area contributed by atoms with E-state index in [-0.39, 0.29) is 11.9 Å². The summed E-state index contributed by atoms with van der Waals surface area (Å²) in [5.41, 5.74) is 2.64. The van der Waals surface area contributed by atoms with Gasteiger partial charge in [0.05, 0.1) is 6.04 Å². The fourth-order valence-corrected chi connectivity index (χ4v) is 2.74. The molecule has 0 spiro atoms. The van der Waals surface area contributed by atoms with Crippen LogP contribution in [0.5, 0.6) is 0 Å². The Kier molecular flexibility index (Phi) is 3.67. The SMILES string of the molecule is CNC(c1ccc(C)cc1F)c1cccc2cnccc12. The van der Waals surface area contributed by atoms with Crippen molar-refractivity contribution in [2.24, 2.45) is 0 Å². The molecule has 0 amide bonds. The first kappa shape index (κ1) is 13.7. The van der Waals surface area contributed by atoms with Crippen molar-refractivity contribution in [2.75, 3.05) is 7.05 Å². The van der Waals surface area contributed by atoms with Crippen LogP contribution in [0.25, 0.3) is 10.8 Å². The molecule has 106 valence electrons. The lowest BCUT2D eigenvalue weighted by Crippen LogP contribution is -2.19. The minimum atomic E-state index is -0.184. The largest absolute Gasteiger partial charge is 0.309 e. The number of aromatic nitrogens is 1. The maximum absolute atomic E-state index is 14.3. The molecule has 21 heavy (non-hydrogen) atoms. The van der Waals surface area contributed by atoms with Crippen molar-refractivity contribution in [3.8, 4) is 0 Å². The van der Waals surface area contributed by atoms with Gasteiger partial charge >= 0.3 is 0 Å². The number of hydrogen-bond acceptors (Lipinski definition) is 2. The third-order valence-electron chi connectivity index (χ3n) is 3.78. The molecule has 0 saturated heterocycles. The van der Waals surface area contributed by atoms with Gasteiger partial charge in [-0.15, -0.1) is 0 Å². The molecule has 1 heterocycles. The number of pyridine rings is 1. The van der Waals surface area contributed by atoms with Crippen LogP contribution in [0.4, 0.5) is 4.39 Å². The van der Waals surface area contributed by atoms with Crippen molar-refractivity contribution in [2.45, 2.75) is 13.0 Å². The molecule has 1 unspecified atom stereocenters. The summed E-state index contributed by atoms with van der Waals surface area (Å²) < 4.78 is 14.3. The van der Waals surface area contributed by atoms with Gasteiger partial charge in [0.15, 0.2) is 0 Å². The molecule has 1 N–H and O–H groups in total. The van der Waals surface area contributed by atoms with E-state index in [4.69, 9.17) is 0 Å². The van der Waals surface area contributed by atoms with Crippen LogP contribution in [0, 0.1) is 12.7 Å². The molecule has 1 atom stereocenters. The molecule has 0 radical (unpaired) electrons. The Balaban J connectivity index is 2.18. The van der Waals surface area contributed by atoms with Crippen LogP contribution in [-0.4, -0.2) is 12.0 Å². The Bertz CT molecular complexity index is 778. The molecule has 3 heteroatoms. The molecular weight excluding hydrogens is 263 g/mol. The van der Waals surface area contributed by atoms with Gasteiger partial charge in [0.25, 0.3) is 0 Å². The molecule has 0 saturated carbocycles. The van der Waals surface area contributed by atoms with E-state index in [0.717, 1.165) is 21.9 Å². The van der Waals surface area contributed by atoms with Gasteiger partial charge in [0.2, 0.25) is 0 Å². The smallest absolute Gasteiger partial charge is 0.128 e. The lowest BCUT2D eigenvalue weighted by molar-refractivity contribution is 0.576. The van der Waals surface area contributed by atoms with Gasteiger partial charge in [-0.3, -0.25) is 4.98 Å². The van der Waals surface area contributed by atoms with Gasteiger partial charge in [0, 0.05) is 23.3 Å². The summed E-state index contributed by atoms with van der Waals surface area (Å²) in [5.74, 6) is -0.180. The predicted octanol–water partition coefficient (Wildman–Crippen LogP) is 3.99. The van der Waals surface area contributed by atoms with Gasteiger partial charge in [-0.2, -0.15) is 0 Å². The maximum Gasteiger partial charge on any atom is 0.128 e. The van der Waals surface area contributed by atoms with E-state index in [1.807, 2.05) is 56.6 Å². The zero-order valence-electron chi connectivity index (χ0n) is 12.1. The zero-order valence-corrected chi connectivity index (χ0v) is 12.1. The van der Waals surface area contributed by atoms with Crippen LogP contribution in [0.2, 0.25) is 0 Å². The number of fused-ring (bicyclic) bond motifs is 1. The molecular formula is C18H17FN2. The Hall–Kier alpha value is -2.26. The van der Waals surface area contributed by atoms with Gasteiger partial charge in [-0.05, 0) is 42.6 Å². The molecule has 0 fully saturated rings. The van der Waals surface area contributed by atoms with E-state index in [0.29, 0.717) is 5.56 Å². The minimum Gasteiger partial charge on any atom is -0.309 e. The highest BCUT2D eigenvalue weighted by Crippen LogP contribution is 2.30. The first-order valence-electron chi connectivity index (χ1n) is 6.96. The quantitative estimate of drug-likeness (QED) is 0.784. The lowest BCUT2D eigenvalue weighted by Gasteiger charge is -2.20. The molecule has 2 aromatic carbocycles. The number of benzene rings is 2. The van der Waals surface area contributed by atoms with Crippen LogP contribution < -0.4 is 5.32 Å². The van der Waals surface area contributed by atoms with Gasteiger partial charge in [0.1, 0.15) is 5.82 Å². The second-order valence-electron chi connectivity index (χ2n) is 5.19. The normalized spacial score (nSPS) is 12.5. The van der Waals surface area contributed by atoms with Gasteiger partial charge < -0.3 is 5.32 Å². The molecule has 0 bridgehead atoms. The Morgan fingerprint density at radius 3 is 2.71 bits per heavy atom. The van der Waals surface area contributed by atoms with Gasteiger partial charge in [-0.25, -0.2) is 4.39 Å². The number of aryl methyl sites for hydroxylation is 1. The van der Waals surface area contributed by atoms with E-state index in [1.165, 1.54) is 0 Å². The van der Waals surface area contributed by atoms with Crippen molar-refractivity contribution in [3.05, 3.63) is 77.4 Å². The molecule has 2 nitrogen and oxygen atoms in total. The Labute approximate surface area is 123 Å². The van der Waals surface area contributed by atoms with Crippen LogP contribution in [0.1, 0.15) is 22.7 Å². The Morgan fingerprint density at radius 1 is 1.10 bits per heavy atom. The van der Waals surface area contributed by atoms with E-state index in [9.17, 15) is 4.39 Å². The fourth-order valence-electron chi connectivity index (χ4n) is 2.74. The van der Waals surface area contributed by atoms with Crippen molar-refractivity contribution in [1.82, 2.24) is 10.3 Å². The highest BCUT2D eigenvalue weighted by Gasteiger charge is 2.18. The van der Waals surface area contributed by atoms with E-state index in [2.05, 4.69) is 10.3 Å². The van der Waals surface area contributed by atoms with E-state index < -0.39 is 0 Å². The maximum atomic E-state index is 14.3. The monoisotopic (exact) mass is 280 g/mol. The number of nitrogens with zero attached hydrogens (tertiary/aromatic N) is 1. The topological polar surface area (TPSA) is 24.9 Å². The fraction of sp³-hybridized carbons (Fsp3) is 0.167. The third kappa shape index (κ3) is 2.52. The summed E-state index contributed by atoms with van der Waals surface area (Å²) in [6, 6.07) is 13.2. The average Bonchev–Trinajstić information content (AvgIpc) is 2.50. The third-order valence-corrected chi connectivity index (χ3v) is 3.78. The zero-order chi connectivity index (χ0) is 14.8. The molecule has 1 aromatic heterocycles. The van der Waals surface area contributed by atoms with Gasteiger partial charge in [-0.1, -0.05) is 30.3 Å². The van der Waals surface area contributed by atoms with Crippen LogP contribution in [0.15, 0.2) is 54.9 Å². The summed E-state index contributed by atoms with van der Waals surface area (Å²) in [5, 5.41) is 5.37. The molecule has 0 aliphatic carbocycles. The lowest BCUT2D eigenvalue weighted by atomic mass is 9.93. The summed E-state index contributed by atoms with van der Waals surface area (Å²) in [6.07, 6.45) is 3.60. The van der Waals surface area contributed by atoms with Crippen molar-refractivity contribution in [1.29, 1.82) is 0 Å². The van der Waals surface area contributed by atoms with Crippen LogP contribution >= 0.6 is 0 Å². The van der Waals surface area contributed by atoms with Crippen molar-refractivity contribution in [3.63, 3.8) is 0 Å². The number of rotatable bonds is 3. The summed E-state index contributed by atoms with van der Waals surface area (Å²) in [6.45, 7) is 1.89. The predicted molar refractivity (Wildman–Crippen MR) is 83.8 cm³/mol. The first-order chi connectivity index (χ1) is 10.2. The summed E-state index contributed by atoms with van der Waals surface area (Å²) >= 11 is 0. The number of halogens is 1. The van der Waals surface area contributed by atoms with E-state index >= 15 is 0 Å². The van der Waals surface area contributed by atoms with Crippen LogP contribution in [0.3, 0.4) is 0 Å². The van der Waals surface area contributed by atoms with Crippen molar-refractivity contribution >= 4 is 10.8 Å². The first-order valence-corrected chi connectivity index (χ1v) is 6.96.